The van der Waals surface area contributed by atoms with Gasteiger partial charge < -0.3 is 10.6 Å². The van der Waals surface area contributed by atoms with Crippen molar-refractivity contribution in [1.82, 2.24) is 20.2 Å². The summed E-state index contributed by atoms with van der Waals surface area (Å²) in [6, 6.07) is 12.7. The fourth-order valence-corrected chi connectivity index (χ4v) is 2.47. The predicted octanol–water partition coefficient (Wildman–Crippen LogP) is 4.19. The van der Waals surface area contributed by atoms with Gasteiger partial charge in [0.05, 0.1) is 23.1 Å². The molecule has 128 valence electrons. The minimum atomic E-state index is -0.726. The van der Waals surface area contributed by atoms with Gasteiger partial charge in [0.2, 0.25) is 5.95 Å². The first-order chi connectivity index (χ1) is 12.7. The van der Waals surface area contributed by atoms with E-state index in [-0.39, 0.29) is 17.5 Å². The molecule has 0 aliphatic rings. The van der Waals surface area contributed by atoms with Crippen LogP contribution in [0.15, 0.2) is 60.9 Å². The fourth-order valence-electron chi connectivity index (χ4n) is 2.47. The highest BCUT2D eigenvalue weighted by molar-refractivity contribution is 5.91. The summed E-state index contributed by atoms with van der Waals surface area (Å²) in [6.45, 7) is 0. The molecule has 2 aromatic heterocycles. The number of pyridine rings is 1. The van der Waals surface area contributed by atoms with Crippen LogP contribution in [0, 0.1) is 11.6 Å². The Balaban J connectivity index is 1.61. The summed E-state index contributed by atoms with van der Waals surface area (Å²) in [5, 5.41) is 14.5. The Kier molecular flexibility index (Phi) is 4.06. The summed E-state index contributed by atoms with van der Waals surface area (Å²) in [7, 11) is 0. The number of nitrogens with one attached hydrogen (secondary N) is 2. The Bertz CT molecular complexity index is 1080. The standard InChI is InChI=1S/C18H12F2N6/c19-12-6-7-14(13(20)9-12)23-16-10-22-26-18(25-16)24-15-5-1-3-11-4-2-8-21-17(11)15/h1-10H,(H2,23,24,25,26). The van der Waals surface area contributed by atoms with Crippen LogP contribution in [0.25, 0.3) is 10.9 Å². The number of hydrogen-bond donors (Lipinski definition) is 2. The second-order valence-electron chi connectivity index (χ2n) is 5.42. The zero-order chi connectivity index (χ0) is 17.9. The van der Waals surface area contributed by atoms with Crippen LogP contribution in [-0.4, -0.2) is 20.2 Å². The van der Waals surface area contributed by atoms with Crippen molar-refractivity contribution < 1.29 is 8.78 Å². The van der Waals surface area contributed by atoms with Gasteiger partial charge >= 0.3 is 0 Å². The van der Waals surface area contributed by atoms with Crippen LogP contribution in [0.3, 0.4) is 0 Å². The average Bonchev–Trinajstić information content (AvgIpc) is 2.65. The first-order valence-corrected chi connectivity index (χ1v) is 7.71. The summed E-state index contributed by atoms with van der Waals surface area (Å²) < 4.78 is 26.8. The van der Waals surface area contributed by atoms with E-state index in [4.69, 9.17) is 0 Å². The van der Waals surface area contributed by atoms with Gasteiger partial charge in [0.15, 0.2) is 5.82 Å². The Hall–Kier alpha value is -3.68. The molecule has 0 spiro atoms. The molecule has 2 N–H and O–H groups in total. The lowest BCUT2D eigenvalue weighted by Crippen LogP contribution is -2.03. The molecule has 4 aromatic rings. The minimum Gasteiger partial charge on any atom is -0.336 e. The number of halogens is 2. The molecule has 6 nitrogen and oxygen atoms in total. The molecule has 0 saturated carbocycles. The van der Waals surface area contributed by atoms with E-state index in [1.165, 1.54) is 12.3 Å². The van der Waals surface area contributed by atoms with Gasteiger partial charge in [0.1, 0.15) is 11.6 Å². The number of para-hydroxylation sites is 1. The molecule has 8 heteroatoms. The molecule has 0 radical (unpaired) electrons. The van der Waals surface area contributed by atoms with Crippen molar-refractivity contribution in [2.75, 3.05) is 10.6 Å². The summed E-state index contributed by atoms with van der Waals surface area (Å²) in [4.78, 5) is 8.60. The molecular formula is C18H12F2N6. The second-order valence-corrected chi connectivity index (χ2v) is 5.42. The van der Waals surface area contributed by atoms with E-state index >= 15 is 0 Å². The lowest BCUT2D eigenvalue weighted by molar-refractivity contribution is 0.586. The number of hydrogen-bond acceptors (Lipinski definition) is 6. The normalized spacial score (nSPS) is 10.7. The lowest BCUT2D eigenvalue weighted by Gasteiger charge is -2.09. The van der Waals surface area contributed by atoms with E-state index in [2.05, 4.69) is 30.8 Å². The minimum absolute atomic E-state index is 0.0877. The highest BCUT2D eigenvalue weighted by Gasteiger charge is 2.08. The van der Waals surface area contributed by atoms with Crippen molar-refractivity contribution in [2.45, 2.75) is 0 Å². The van der Waals surface area contributed by atoms with Crippen LogP contribution in [0.5, 0.6) is 0 Å². The number of anilines is 4. The molecule has 26 heavy (non-hydrogen) atoms. The van der Waals surface area contributed by atoms with E-state index in [1.807, 2.05) is 30.3 Å². The lowest BCUT2D eigenvalue weighted by atomic mass is 10.2. The van der Waals surface area contributed by atoms with E-state index in [0.29, 0.717) is 0 Å². The maximum absolute atomic E-state index is 13.8. The molecule has 2 aromatic carbocycles. The van der Waals surface area contributed by atoms with Crippen LogP contribution in [0.2, 0.25) is 0 Å². The Labute approximate surface area is 147 Å². The van der Waals surface area contributed by atoms with Crippen molar-refractivity contribution in [2.24, 2.45) is 0 Å². The van der Waals surface area contributed by atoms with Crippen molar-refractivity contribution in [3.8, 4) is 0 Å². The Morgan fingerprint density at radius 3 is 2.65 bits per heavy atom. The molecular weight excluding hydrogens is 338 g/mol. The zero-order valence-electron chi connectivity index (χ0n) is 13.3. The molecule has 0 fully saturated rings. The molecule has 2 heterocycles. The van der Waals surface area contributed by atoms with Gasteiger partial charge in [0.25, 0.3) is 0 Å². The summed E-state index contributed by atoms with van der Waals surface area (Å²) >= 11 is 0. The molecule has 4 rings (SSSR count). The number of fused-ring (bicyclic) bond motifs is 1. The maximum atomic E-state index is 13.8. The quantitative estimate of drug-likeness (QED) is 0.575. The Morgan fingerprint density at radius 2 is 1.77 bits per heavy atom. The van der Waals surface area contributed by atoms with E-state index in [0.717, 1.165) is 28.7 Å². The molecule has 0 saturated heterocycles. The van der Waals surface area contributed by atoms with Crippen LogP contribution >= 0.6 is 0 Å². The van der Waals surface area contributed by atoms with Gasteiger partial charge in [0, 0.05) is 17.6 Å². The van der Waals surface area contributed by atoms with Crippen LogP contribution in [0.4, 0.5) is 31.9 Å². The molecule has 0 amide bonds. The van der Waals surface area contributed by atoms with E-state index in [9.17, 15) is 8.78 Å². The summed E-state index contributed by atoms with van der Waals surface area (Å²) in [5.41, 5.74) is 1.57. The number of aromatic nitrogens is 4. The third-order valence-electron chi connectivity index (χ3n) is 3.63. The molecule has 0 unspecified atom stereocenters. The Morgan fingerprint density at radius 1 is 0.885 bits per heavy atom. The number of nitrogens with zero attached hydrogens (tertiary/aromatic N) is 4. The summed E-state index contributed by atoms with van der Waals surface area (Å²) in [6.07, 6.45) is 3.04. The third kappa shape index (κ3) is 3.25. The van der Waals surface area contributed by atoms with Crippen molar-refractivity contribution in [3.05, 3.63) is 72.6 Å². The number of benzene rings is 2. The van der Waals surface area contributed by atoms with Gasteiger partial charge in [-0.25, -0.2) is 8.78 Å². The van der Waals surface area contributed by atoms with Crippen LogP contribution in [-0.2, 0) is 0 Å². The first-order valence-electron chi connectivity index (χ1n) is 7.71. The molecule has 0 atom stereocenters. The van der Waals surface area contributed by atoms with Crippen molar-refractivity contribution in [1.29, 1.82) is 0 Å². The fraction of sp³-hybridized carbons (Fsp3) is 0. The summed E-state index contributed by atoms with van der Waals surface area (Å²) in [5.74, 6) is -0.895. The van der Waals surface area contributed by atoms with Crippen molar-refractivity contribution in [3.63, 3.8) is 0 Å². The smallest absolute Gasteiger partial charge is 0.249 e. The highest BCUT2D eigenvalue weighted by atomic mass is 19.1. The number of rotatable bonds is 4. The van der Waals surface area contributed by atoms with E-state index in [1.54, 1.807) is 6.20 Å². The van der Waals surface area contributed by atoms with Gasteiger partial charge in [-0.2, -0.15) is 10.1 Å². The monoisotopic (exact) mass is 350 g/mol. The first kappa shape index (κ1) is 15.8. The SMILES string of the molecule is Fc1ccc(Nc2cnnc(Nc3cccc4cccnc34)n2)c(F)c1. The molecule has 0 bridgehead atoms. The topological polar surface area (TPSA) is 75.6 Å². The average molecular weight is 350 g/mol. The van der Waals surface area contributed by atoms with Gasteiger partial charge in [-0.3, -0.25) is 4.98 Å². The third-order valence-corrected chi connectivity index (χ3v) is 3.63. The highest BCUT2D eigenvalue weighted by Crippen LogP contribution is 2.24. The van der Waals surface area contributed by atoms with Gasteiger partial charge in [-0.05, 0) is 24.3 Å². The van der Waals surface area contributed by atoms with Crippen molar-refractivity contribution >= 4 is 34.0 Å². The van der Waals surface area contributed by atoms with E-state index < -0.39 is 11.6 Å². The zero-order valence-corrected chi connectivity index (χ0v) is 13.3. The predicted molar refractivity (Wildman–Crippen MR) is 94.5 cm³/mol. The second kappa shape index (κ2) is 6.67. The maximum Gasteiger partial charge on any atom is 0.249 e. The van der Waals surface area contributed by atoms with Crippen LogP contribution in [0.1, 0.15) is 0 Å². The van der Waals surface area contributed by atoms with Gasteiger partial charge in [-0.15, -0.1) is 5.10 Å². The largest absolute Gasteiger partial charge is 0.336 e. The molecule has 0 aliphatic heterocycles. The molecule has 0 aliphatic carbocycles. The van der Waals surface area contributed by atoms with Gasteiger partial charge in [-0.1, -0.05) is 18.2 Å². The van der Waals surface area contributed by atoms with Crippen LogP contribution < -0.4 is 10.6 Å².